The Labute approximate surface area is 166 Å². The zero-order chi connectivity index (χ0) is 19.2. The number of ether oxygens (including phenoxy) is 3. The molecule has 0 saturated carbocycles. The zero-order valence-corrected chi connectivity index (χ0v) is 17.6. The molecule has 0 fully saturated rings. The fourth-order valence-electron chi connectivity index (χ4n) is 3.55. The van der Waals surface area contributed by atoms with Gasteiger partial charge in [-0.3, -0.25) is 4.90 Å². The van der Waals surface area contributed by atoms with Crippen molar-refractivity contribution in [2.75, 3.05) is 54.6 Å². The van der Waals surface area contributed by atoms with Crippen molar-refractivity contribution >= 4 is 11.3 Å². The Hall–Kier alpha value is -1.76. The third-order valence-corrected chi connectivity index (χ3v) is 6.27. The number of benzene rings is 1. The smallest absolute Gasteiger partial charge is 0.129 e. The summed E-state index contributed by atoms with van der Waals surface area (Å²) in [4.78, 5) is 6.50. The third kappa shape index (κ3) is 4.94. The standard InChI is InChI=1S/C21H30N2O3S/c1-22(10-11-23-9-6-21-16(15-23)7-12-27-21)8-5-18-19(25-3)13-17(24-2)14-20(18)26-4/h7,12-14H,5-6,8-11,15H2,1-4H3. The van der Waals surface area contributed by atoms with Gasteiger partial charge in [0.15, 0.2) is 0 Å². The van der Waals surface area contributed by atoms with Gasteiger partial charge in [-0.1, -0.05) is 0 Å². The first kappa shape index (κ1) is 20.0. The minimum Gasteiger partial charge on any atom is -0.496 e. The predicted molar refractivity (Wildman–Crippen MR) is 111 cm³/mol. The van der Waals surface area contributed by atoms with E-state index in [1.807, 2.05) is 23.5 Å². The van der Waals surface area contributed by atoms with Crippen LogP contribution in [0.1, 0.15) is 16.0 Å². The number of methoxy groups -OCH3 is 3. The van der Waals surface area contributed by atoms with E-state index in [-0.39, 0.29) is 0 Å². The first-order valence-electron chi connectivity index (χ1n) is 9.39. The molecule has 1 aliphatic heterocycles. The maximum Gasteiger partial charge on any atom is 0.129 e. The fraction of sp³-hybridized carbons (Fsp3) is 0.524. The molecular formula is C21H30N2O3S. The summed E-state index contributed by atoms with van der Waals surface area (Å²) in [5.74, 6) is 2.39. The van der Waals surface area contributed by atoms with E-state index >= 15 is 0 Å². The molecule has 0 bridgehead atoms. The second kappa shape index (κ2) is 9.44. The van der Waals surface area contributed by atoms with Crippen molar-refractivity contribution in [1.29, 1.82) is 0 Å². The Morgan fingerprint density at radius 2 is 1.81 bits per heavy atom. The molecular weight excluding hydrogens is 360 g/mol. The first-order valence-corrected chi connectivity index (χ1v) is 10.3. The SMILES string of the molecule is COc1cc(OC)c(CCN(C)CCN2CCc3sccc3C2)c(OC)c1. The van der Waals surface area contributed by atoms with Gasteiger partial charge in [0, 0.05) is 55.3 Å². The van der Waals surface area contributed by atoms with Crippen LogP contribution in [-0.4, -0.2) is 64.4 Å². The Morgan fingerprint density at radius 1 is 1.07 bits per heavy atom. The Morgan fingerprint density at radius 3 is 2.48 bits per heavy atom. The fourth-order valence-corrected chi connectivity index (χ4v) is 4.44. The first-order chi connectivity index (χ1) is 13.1. The van der Waals surface area contributed by atoms with E-state index < -0.39 is 0 Å². The van der Waals surface area contributed by atoms with Gasteiger partial charge in [0.2, 0.25) is 0 Å². The molecule has 0 unspecified atom stereocenters. The molecule has 1 aromatic heterocycles. The minimum atomic E-state index is 0.749. The summed E-state index contributed by atoms with van der Waals surface area (Å²) in [6.45, 7) is 5.37. The van der Waals surface area contributed by atoms with Crippen LogP contribution in [0.2, 0.25) is 0 Å². The van der Waals surface area contributed by atoms with Gasteiger partial charge in [-0.15, -0.1) is 11.3 Å². The lowest BCUT2D eigenvalue weighted by atomic mass is 10.1. The van der Waals surface area contributed by atoms with Crippen LogP contribution in [0, 0.1) is 0 Å². The number of thiophene rings is 1. The molecule has 2 aromatic rings. The minimum absolute atomic E-state index is 0.749. The number of hydrogen-bond donors (Lipinski definition) is 0. The average molecular weight is 391 g/mol. The molecule has 3 rings (SSSR count). The van der Waals surface area contributed by atoms with Crippen LogP contribution in [0.4, 0.5) is 0 Å². The third-order valence-electron chi connectivity index (χ3n) is 5.25. The molecule has 6 heteroatoms. The number of nitrogens with zero attached hydrogens (tertiary/aromatic N) is 2. The van der Waals surface area contributed by atoms with Crippen LogP contribution < -0.4 is 14.2 Å². The summed E-state index contributed by atoms with van der Waals surface area (Å²) >= 11 is 1.90. The van der Waals surface area contributed by atoms with Gasteiger partial charge < -0.3 is 19.1 Å². The van der Waals surface area contributed by atoms with Crippen molar-refractivity contribution in [3.63, 3.8) is 0 Å². The van der Waals surface area contributed by atoms with Gasteiger partial charge in [-0.2, -0.15) is 0 Å². The second-order valence-electron chi connectivity index (χ2n) is 6.96. The van der Waals surface area contributed by atoms with Crippen LogP contribution in [-0.2, 0) is 19.4 Å². The number of rotatable bonds is 9. The maximum absolute atomic E-state index is 5.56. The monoisotopic (exact) mass is 390 g/mol. The molecule has 0 N–H and O–H groups in total. The number of fused-ring (bicyclic) bond motifs is 1. The molecule has 0 atom stereocenters. The second-order valence-corrected chi connectivity index (χ2v) is 7.96. The summed E-state index contributed by atoms with van der Waals surface area (Å²) in [5.41, 5.74) is 2.61. The molecule has 0 amide bonds. The van der Waals surface area contributed by atoms with Crippen LogP contribution in [0.15, 0.2) is 23.6 Å². The molecule has 2 heterocycles. The van der Waals surface area contributed by atoms with Crippen LogP contribution in [0.3, 0.4) is 0 Å². The van der Waals surface area contributed by atoms with Crippen molar-refractivity contribution in [1.82, 2.24) is 9.80 Å². The highest BCUT2D eigenvalue weighted by atomic mass is 32.1. The average Bonchev–Trinajstić information content (AvgIpc) is 3.17. The van der Waals surface area contributed by atoms with E-state index in [0.29, 0.717) is 0 Å². The van der Waals surface area contributed by atoms with Crippen LogP contribution in [0.25, 0.3) is 0 Å². The molecule has 0 aliphatic carbocycles. The van der Waals surface area contributed by atoms with Crippen LogP contribution >= 0.6 is 11.3 Å². The Kier molecular flexibility index (Phi) is 6.99. The summed E-state index contributed by atoms with van der Waals surface area (Å²) in [5, 5.41) is 2.22. The quantitative estimate of drug-likeness (QED) is 0.656. The normalized spacial score (nSPS) is 14.3. The highest BCUT2D eigenvalue weighted by Crippen LogP contribution is 2.34. The van der Waals surface area contributed by atoms with E-state index in [1.165, 1.54) is 18.5 Å². The molecule has 1 aromatic carbocycles. The van der Waals surface area contributed by atoms with Crippen LogP contribution in [0.5, 0.6) is 17.2 Å². The molecule has 148 valence electrons. The molecule has 27 heavy (non-hydrogen) atoms. The lowest BCUT2D eigenvalue weighted by molar-refractivity contribution is 0.213. The summed E-state index contributed by atoms with van der Waals surface area (Å²) in [6.07, 6.45) is 2.07. The van der Waals surface area contributed by atoms with Gasteiger partial charge in [0.1, 0.15) is 17.2 Å². The van der Waals surface area contributed by atoms with Gasteiger partial charge in [0.25, 0.3) is 0 Å². The molecule has 5 nitrogen and oxygen atoms in total. The van der Waals surface area contributed by atoms with E-state index in [2.05, 4.69) is 28.3 Å². The number of likely N-dealkylation sites (N-methyl/N-ethyl adjacent to an activating group) is 1. The van der Waals surface area contributed by atoms with Gasteiger partial charge in [0.05, 0.1) is 21.3 Å². The summed E-state index contributed by atoms with van der Waals surface area (Å²) in [6, 6.07) is 6.12. The molecule has 0 spiro atoms. The number of hydrogen-bond acceptors (Lipinski definition) is 6. The Bertz CT molecular complexity index is 722. The Balaban J connectivity index is 1.52. The van der Waals surface area contributed by atoms with E-state index in [4.69, 9.17) is 14.2 Å². The lowest BCUT2D eigenvalue weighted by Gasteiger charge is -2.29. The summed E-state index contributed by atoms with van der Waals surface area (Å²) < 4.78 is 16.4. The highest BCUT2D eigenvalue weighted by molar-refractivity contribution is 7.10. The molecule has 0 saturated heterocycles. The molecule has 1 aliphatic rings. The highest BCUT2D eigenvalue weighted by Gasteiger charge is 2.18. The molecule has 0 radical (unpaired) electrons. The summed E-state index contributed by atoms with van der Waals surface area (Å²) in [7, 11) is 7.22. The van der Waals surface area contributed by atoms with E-state index in [0.717, 1.165) is 55.4 Å². The van der Waals surface area contributed by atoms with E-state index in [9.17, 15) is 0 Å². The van der Waals surface area contributed by atoms with Crippen molar-refractivity contribution in [3.8, 4) is 17.2 Å². The topological polar surface area (TPSA) is 34.2 Å². The van der Waals surface area contributed by atoms with Gasteiger partial charge in [-0.25, -0.2) is 0 Å². The van der Waals surface area contributed by atoms with Gasteiger partial charge in [-0.05, 0) is 36.9 Å². The largest absolute Gasteiger partial charge is 0.496 e. The maximum atomic E-state index is 5.56. The van der Waals surface area contributed by atoms with Crippen molar-refractivity contribution < 1.29 is 14.2 Å². The van der Waals surface area contributed by atoms with Crippen molar-refractivity contribution in [2.45, 2.75) is 19.4 Å². The van der Waals surface area contributed by atoms with Gasteiger partial charge >= 0.3 is 0 Å². The van der Waals surface area contributed by atoms with E-state index in [1.54, 1.807) is 26.2 Å². The zero-order valence-electron chi connectivity index (χ0n) is 16.8. The van der Waals surface area contributed by atoms with Crippen molar-refractivity contribution in [3.05, 3.63) is 39.6 Å². The van der Waals surface area contributed by atoms with Crippen molar-refractivity contribution in [2.24, 2.45) is 0 Å². The predicted octanol–water partition coefficient (Wildman–Crippen LogP) is 3.31. The lowest BCUT2D eigenvalue weighted by Crippen LogP contribution is -2.36.